The van der Waals surface area contributed by atoms with Gasteiger partial charge in [0, 0.05) is 5.56 Å². The molecule has 2 aromatic rings. The van der Waals surface area contributed by atoms with Gasteiger partial charge in [-0.1, -0.05) is 32.0 Å². The molecule has 3 rings (SSSR count). The van der Waals surface area contributed by atoms with Crippen LogP contribution in [0.4, 0.5) is 4.79 Å². The summed E-state index contributed by atoms with van der Waals surface area (Å²) in [7, 11) is 0. The van der Waals surface area contributed by atoms with E-state index in [0.717, 1.165) is 5.56 Å². The Morgan fingerprint density at radius 1 is 1.29 bits per heavy atom. The van der Waals surface area contributed by atoms with Crippen molar-refractivity contribution >= 4 is 6.09 Å². The smallest absolute Gasteiger partial charge is 0.410 e. The number of benzene rings is 1. The molecule has 1 aliphatic heterocycles. The predicted octanol–water partition coefficient (Wildman–Crippen LogP) is 2.71. The van der Waals surface area contributed by atoms with Crippen molar-refractivity contribution in [2.24, 2.45) is 5.92 Å². The minimum Gasteiger partial charge on any atom is -0.447 e. The van der Waals surface area contributed by atoms with Crippen molar-refractivity contribution in [1.29, 1.82) is 0 Å². The number of carbonyl (C=O) groups excluding carboxylic acids is 1. The highest BCUT2D eigenvalue weighted by Crippen LogP contribution is 2.23. The van der Waals surface area contributed by atoms with Crippen molar-refractivity contribution in [3.8, 4) is 11.5 Å². The van der Waals surface area contributed by atoms with Gasteiger partial charge in [0.25, 0.3) is 0 Å². The standard InChI is InChI=1S/C15H17N3O3/c1-10(2)12-9-20-15(19)18(12)8-13-16-17-14(21-13)11-6-4-3-5-7-11/h3-7,10,12H,8-9H2,1-2H3/t12-/m1/s1. The predicted molar refractivity (Wildman–Crippen MR) is 75.3 cm³/mol. The van der Waals surface area contributed by atoms with Gasteiger partial charge in [-0.15, -0.1) is 10.2 Å². The molecule has 6 nitrogen and oxygen atoms in total. The fraction of sp³-hybridized carbons (Fsp3) is 0.400. The van der Waals surface area contributed by atoms with Gasteiger partial charge in [-0.25, -0.2) is 4.79 Å². The lowest BCUT2D eigenvalue weighted by atomic mass is 10.1. The summed E-state index contributed by atoms with van der Waals surface area (Å²) in [6, 6.07) is 9.59. The van der Waals surface area contributed by atoms with Crippen molar-refractivity contribution in [2.75, 3.05) is 6.61 Å². The van der Waals surface area contributed by atoms with Crippen LogP contribution < -0.4 is 0 Å². The van der Waals surface area contributed by atoms with Crippen LogP contribution in [0.25, 0.3) is 11.5 Å². The van der Waals surface area contributed by atoms with E-state index in [2.05, 4.69) is 24.0 Å². The average molecular weight is 287 g/mol. The first-order valence-corrected chi connectivity index (χ1v) is 6.96. The van der Waals surface area contributed by atoms with E-state index in [9.17, 15) is 4.79 Å². The quantitative estimate of drug-likeness (QED) is 0.864. The Morgan fingerprint density at radius 3 is 2.76 bits per heavy atom. The van der Waals surface area contributed by atoms with Crippen molar-refractivity contribution in [1.82, 2.24) is 15.1 Å². The van der Waals surface area contributed by atoms with E-state index >= 15 is 0 Å². The van der Waals surface area contributed by atoms with Gasteiger partial charge in [-0.05, 0) is 18.1 Å². The summed E-state index contributed by atoms with van der Waals surface area (Å²) >= 11 is 0. The van der Waals surface area contributed by atoms with E-state index in [1.54, 1.807) is 4.90 Å². The number of aromatic nitrogens is 2. The molecule has 0 saturated carbocycles. The summed E-state index contributed by atoms with van der Waals surface area (Å²) in [5.74, 6) is 1.19. The Kier molecular flexibility index (Phi) is 3.60. The molecule has 0 spiro atoms. The molecule has 1 atom stereocenters. The van der Waals surface area contributed by atoms with Crippen LogP contribution in [0.5, 0.6) is 0 Å². The highest BCUT2D eigenvalue weighted by molar-refractivity contribution is 5.70. The average Bonchev–Trinajstić information content (AvgIpc) is 3.08. The number of carbonyl (C=O) groups is 1. The summed E-state index contributed by atoms with van der Waals surface area (Å²) in [5.41, 5.74) is 0.862. The number of hydrogen-bond donors (Lipinski definition) is 0. The largest absolute Gasteiger partial charge is 0.447 e. The van der Waals surface area contributed by atoms with Gasteiger partial charge >= 0.3 is 6.09 Å². The fourth-order valence-corrected chi connectivity index (χ4v) is 2.36. The SMILES string of the molecule is CC(C)[C@H]1COC(=O)N1Cc1nnc(-c2ccccc2)o1. The van der Waals surface area contributed by atoms with E-state index in [-0.39, 0.29) is 18.7 Å². The number of hydrogen-bond acceptors (Lipinski definition) is 5. The molecular formula is C15H17N3O3. The molecule has 2 heterocycles. The second kappa shape index (κ2) is 5.55. The zero-order valence-corrected chi connectivity index (χ0v) is 12.0. The van der Waals surface area contributed by atoms with Crippen LogP contribution in [-0.2, 0) is 11.3 Å². The minimum absolute atomic E-state index is 0.0459. The molecule has 21 heavy (non-hydrogen) atoms. The van der Waals surface area contributed by atoms with Crippen LogP contribution >= 0.6 is 0 Å². The number of rotatable bonds is 4. The van der Waals surface area contributed by atoms with E-state index < -0.39 is 0 Å². The monoisotopic (exact) mass is 287 g/mol. The zero-order chi connectivity index (χ0) is 14.8. The van der Waals surface area contributed by atoms with Gasteiger partial charge in [-0.3, -0.25) is 4.90 Å². The third kappa shape index (κ3) is 2.74. The van der Waals surface area contributed by atoms with Crippen LogP contribution in [0, 0.1) is 5.92 Å². The molecule has 6 heteroatoms. The first kappa shape index (κ1) is 13.6. The lowest BCUT2D eigenvalue weighted by Crippen LogP contribution is -2.36. The third-order valence-electron chi connectivity index (χ3n) is 3.58. The van der Waals surface area contributed by atoms with Crippen LogP contribution in [-0.4, -0.2) is 33.8 Å². The molecule has 0 bridgehead atoms. The third-order valence-corrected chi connectivity index (χ3v) is 3.58. The number of amides is 1. The van der Waals surface area contributed by atoms with Crippen molar-refractivity contribution in [2.45, 2.75) is 26.4 Å². The number of cyclic esters (lactones) is 1. The number of nitrogens with zero attached hydrogens (tertiary/aromatic N) is 3. The van der Waals surface area contributed by atoms with Crippen LogP contribution in [0.15, 0.2) is 34.7 Å². The molecule has 0 aliphatic carbocycles. The second-order valence-electron chi connectivity index (χ2n) is 5.38. The highest BCUT2D eigenvalue weighted by Gasteiger charge is 2.35. The Hall–Kier alpha value is -2.37. The zero-order valence-electron chi connectivity index (χ0n) is 12.0. The van der Waals surface area contributed by atoms with Gasteiger partial charge in [-0.2, -0.15) is 0 Å². The van der Waals surface area contributed by atoms with Gasteiger partial charge in [0.2, 0.25) is 11.8 Å². The lowest BCUT2D eigenvalue weighted by Gasteiger charge is -2.22. The molecule has 0 unspecified atom stereocenters. The highest BCUT2D eigenvalue weighted by atomic mass is 16.6. The maximum Gasteiger partial charge on any atom is 0.410 e. The van der Waals surface area contributed by atoms with Gasteiger partial charge in [0.15, 0.2) is 0 Å². The lowest BCUT2D eigenvalue weighted by molar-refractivity contribution is 0.151. The van der Waals surface area contributed by atoms with Crippen molar-refractivity contribution < 1.29 is 13.9 Å². The molecule has 1 amide bonds. The topological polar surface area (TPSA) is 68.5 Å². The van der Waals surface area contributed by atoms with E-state index in [4.69, 9.17) is 9.15 Å². The first-order valence-electron chi connectivity index (χ1n) is 6.96. The molecule has 1 aromatic carbocycles. The molecule has 1 fully saturated rings. The summed E-state index contributed by atoms with van der Waals surface area (Å²) in [6.07, 6.45) is -0.326. The maximum absolute atomic E-state index is 11.8. The Bertz CT molecular complexity index is 624. The molecule has 1 saturated heterocycles. The molecule has 1 aliphatic rings. The van der Waals surface area contributed by atoms with E-state index in [1.165, 1.54) is 0 Å². The summed E-state index contributed by atoms with van der Waals surface area (Å²) in [4.78, 5) is 13.4. The van der Waals surface area contributed by atoms with Crippen LogP contribution in [0.3, 0.4) is 0 Å². The Labute approximate surface area is 122 Å². The van der Waals surface area contributed by atoms with Crippen molar-refractivity contribution in [3.63, 3.8) is 0 Å². The second-order valence-corrected chi connectivity index (χ2v) is 5.38. The van der Waals surface area contributed by atoms with E-state index in [0.29, 0.717) is 24.3 Å². The fourth-order valence-electron chi connectivity index (χ4n) is 2.36. The summed E-state index contributed by atoms with van der Waals surface area (Å²) < 4.78 is 10.7. The van der Waals surface area contributed by atoms with Crippen molar-refractivity contribution in [3.05, 3.63) is 36.2 Å². The van der Waals surface area contributed by atoms with Crippen LogP contribution in [0.2, 0.25) is 0 Å². The Morgan fingerprint density at radius 2 is 2.05 bits per heavy atom. The first-order chi connectivity index (χ1) is 10.1. The molecular weight excluding hydrogens is 270 g/mol. The Balaban J connectivity index is 1.77. The van der Waals surface area contributed by atoms with Gasteiger partial charge < -0.3 is 9.15 Å². The molecule has 0 radical (unpaired) electrons. The summed E-state index contributed by atoms with van der Waals surface area (Å²) in [6.45, 7) is 4.81. The summed E-state index contributed by atoms with van der Waals surface area (Å²) in [5, 5.41) is 8.05. The van der Waals surface area contributed by atoms with Crippen LogP contribution in [0.1, 0.15) is 19.7 Å². The maximum atomic E-state index is 11.8. The molecule has 110 valence electrons. The molecule has 0 N–H and O–H groups in total. The van der Waals surface area contributed by atoms with Gasteiger partial charge in [0.1, 0.15) is 13.2 Å². The van der Waals surface area contributed by atoms with E-state index in [1.807, 2.05) is 30.3 Å². The number of ether oxygens (including phenoxy) is 1. The van der Waals surface area contributed by atoms with Gasteiger partial charge in [0.05, 0.1) is 6.04 Å². The minimum atomic E-state index is -0.326. The molecule has 1 aromatic heterocycles. The normalized spacial score (nSPS) is 18.3.